The first-order valence-corrected chi connectivity index (χ1v) is 11.0. The van der Waals surface area contributed by atoms with E-state index in [4.69, 9.17) is 4.74 Å². The second kappa shape index (κ2) is 11.0. The average Bonchev–Trinajstić information content (AvgIpc) is 2.79. The Hall–Kier alpha value is -2.33. The highest BCUT2D eigenvalue weighted by molar-refractivity contribution is 5.94. The number of benzene rings is 2. The zero-order valence-corrected chi connectivity index (χ0v) is 17.8. The van der Waals surface area contributed by atoms with Crippen LogP contribution in [0.15, 0.2) is 54.6 Å². The van der Waals surface area contributed by atoms with Crippen molar-refractivity contribution in [3.63, 3.8) is 0 Å². The molecule has 0 spiro atoms. The highest BCUT2D eigenvalue weighted by Crippen LogP contribution is 2.20. The van der Waals surface area contributed by atoms with Gasteiger partial charge in [0.25, 0.3) is 5.91 Å². The first kappa shape index (κ1) is 21.4. The lowest BCUT2D eigenvalue weighted by atomic mass is 10.1. The topological polar surface area (TPSA) is 32.8 Å². The fraction of sp³-hybridized carbons (Fsp3) is 0.480. The monoisotopic (exact) mass is 394 g/mol. The zero-order valence-electron chi connectivity index (χ0n) is 17.8. The van der Waals surface area contributed by atoms with Gasteiger partial charge in [-0.2, -0.15) is 0 Å². The molecule has 4 nitrogen and oxygen atoms in total. The van der Waals surface area contributed by atoms with Crippen LogP contribution in [0.1, 0.15) is 55.5 Å². The van der Waals surface area contributed by atoms with Gasteiger partial charge in [-0.25, -0.2) is 0 Å². The quantitative estimate of drug-likeness (QED) is 0.591. The van der Waals surface area contributed by atoms with Gasteiger partial charge in [0.05, 0.1) is 12.7 Å². The molecule has 0 atom stereocenters. The summed E-state index contributed by atoms with van der Waals surface area (Å²) in [5.41, 5.74) is 3.18. The second-order valence-electron chi connectivity index (χ2n) is 7.77. The summed E-state index contributed by atoms with van der Waals surface area (Å²) in [4.78, 5) is 17.2. The summed E-state index contributed by atoms with van der Waals surface area (Å²) in [6.45, 7) is 8.62. The van der Waals surface area contributed by atoms with Crippen molar-refractivity contribution in [2.75, 3.05) is 31.1 Å². The Morgan fingerprint density at radius 1 is 1.03 bits per heavy atom. The lowest BCUT2D eigenvalue weighted by molar-refractivity contribution is -0.000378. The number of unbranched alkanes of at least 4 members (excludes halogenated alkanes) is 1. The molecule has 1 heterocycles. The predicted molar refractivity (Wildman–Crippen MR) is 119 cm³/mol. The molecule has 0 bridgehead atoms. The highest BCUT2D eigenvalue weighted by Gasteiger charge is 2.24. The molecule has 29 heavy (non-hydrogen) atoms. The molecule has 0 saturated carbocycles. The third-order valence-corrected chi connectivity index (χ3v) is 5.70. The van der Waals surface area contributed by atoms with E-state index in [0.717, 1.165) is 44.6 Å². The molecule has 0 radical (unpaired) electrons. The van der Waals surface area contributed by atoms with Crippen molar-refractivity contribution < 1.29 is 9.53 Å². The van der Waals surface area contributed by atoms with Crippen molar-refractivity contribution in [3.8, 4) is 0 Å². The summed E-state index contributed by atoms with van der Waals surface area (Å²) >= 11 is 0. The fourth-order valence-corrected chi connectivity index (χ4v) is 3.83. The summed E-state index contributed by atoms with van der Waals surface area (Å²) in [5, 5.41) is 0. The summed E-state index contributed by atoms with van der Waals surface area (Å²) < 4.78 is 6.05. The largest absolute Gasteiger partial charge is 0.373 e. The summed E-state index contributed by atoms with van der Waals surface area (Å²) in [7, 11) is 0. The van der Waals surface area contributed by atoms with Gasteiger partial charge in [-0.15, -0.1) is 0 Å². The molecule has 2 aromatic rings. The van der Waals surface area contributed by atoms with Gasteiger partial charge < -0.3 is 14.5 Å². The minimum absolute atomic E-state index is 0.134. The molecule has 1 fully saturated rings. The van der Waals surface area contributed by atoms with Crippen molar-refractivity contribution in [2.45, 2.75) is 52.2 Å². The number of nitrogens with zero attached hydrogens (tertiary/aromatic N) is 2. The molecule has 3 rings (SSSR count). The van der Waals surface area contributed by atoms with Crippen LogP contribution in [0.25, 0.3) is 0 Å². The van der Waals surface area contributed by atoms with Gasteiger partial charge in [-0.1, -0.05) is 43.7 Å². The number of anilines is 1. The molecule has 1 aliphatic rings. The van der Waals surface area contributed by atoms with E-state index in [9.17, 15) is 4.79 Å². The number of rotatable bonds is 9. The van der Waals surface area contributed by atoms with E-state index in [1.807, 2.05) is 35.2 Å². The van der Waals surface area contributed by atoms with Gasteiger partial charge in [0, 0.05) is 37.4 Å². The Labute approximate surface area is 175 Å². The summed E-state index contributed by atoms with van der Waals surface area (Å²) in [6, 6.07) is 18.4. The molecule has 1 amide bonds. The van der Waals surface area contributed by atoms with E-state index in [1.165, 1.54) is 24.1 Å². The van der Waals surface area contributed by atoms with E-state index in [1.54, 1.807) is 0 Å². The van der Waals surface area contributed by atoms with Gasteiger partial charge in [0.1, 0.15) is 0 Å². The number of hydrogen-bond donors (Lipinski definition) is 0. The van der Waals surface area contributed by atoms with Crippen molar-refractivity contribution >= 4 is 11.6 Å². The van der Waals surface area contributed by atoms with Gasteiger partial charge >= 0.3 is 0 Å². The van der Waals surface area contributed by atoms with Gasteiger partial charge in [-0.3, -0.25) is 4.79 Å². The number of ether oxygens (including phenoxy) is 1. The van der Waals surface area contributed by atoms with Crippen LogP contribution in [0.3, 0.4) is 0 Å². The van der Waals surface area contributed by atoms with Crippen molar-refractivity contribution in [1.29, 1.82) is 0 Å². The molecule has 0 aromatic heterocycles. The van der Waals surface area contributed by atoms with Crippen LogP contribution in [0.2, 0.25) is 0 Å². The third kappa shape index (κ3) is 6.07. The molecular formula is C25H34N2O2. The number of piperidine rings is 1. The summed E-state index contributed by atoms with van der Waals surface area (Å²) in [5.74, 6) is 0.134. The van der Waals surface area contributed by atoms with E-state index in [-0.39, 0.29) is 12.0 Å². The number of amides is 1. The van der Waals surface area contributed by atoms with Crippen molar-refractivity contribution in [2.24, 2.45) is 0 Å². The Balaban J connectivity index is 1.48. The highest BCUT2D eigenvalue weighted by atomic mass is 16.5. The Bertz CT molecular complexity index is 737. The van der Waals surface area contributed by atoms with Crippen LogP contribution in [-0.2, 0) is 11.3 Å². The minimum atomic E-state index is 0.134. The van der Waals surface area contributed by atoms with Crippen LogP contribution >= 0.6 is 0 Å². The Morgan fingerprint density at radius 3 is 2.34 bits per heavy atom. The van der Waals surface area contributed by atoms with E-state index < -0.39 is 0 Å². The zero-order chi connectivity index (χ0) is 20.5. The fourth-order valence-electron chi connectivity index (χ4n) is 3.83. The lowest BCUT2D eigenvalue weighted by Crippen LogP contribution is -2.40. The van der Waals surface area contributed by atoms with Crippen LogP contribution in [0, 0.1) is 0 Å². The first-order valence-electron chi connectivity index (χ1n) is 11.0. The van der Waals surface area contributed by atoms with E-state index in [0.29, 0.717) is 6.61 Å². The Kier molecular flexibility index (Phi) is 8.12. The minimum Gasteiger partial charge on any atom is -0.373 e. The number of carbonyl (C=O) groups excluding carboxylic acids is 1. The second-order valence-corrected chi connectivity index (χ2v) is 7.77. The van der Waals surface area contributed by atoms with E-state index >= 15 is 0 Å². The van der Waals surface area contributed by atoms with Crippen LogP contribution in [-0.4, -0.2) is 43.1 Å². The number of likely N-dealkylation sites (tertiary alicyclic amines) is 1. The Morgan fingerprint density at radius 2 is 1.72 bits per heavy atom. The van der Waals surface area contributed by atoms with Gasteiger partial charge in [0.2, 0.25) is 0 Å². The number of hydrogen-bond acceptors (Lipinski definition) is 3. The van der Waals surface area contributed by atoms with Crippen molar-refractivity contribution in [1.82, 2.24) is 4.90 Å². The maximum atomic E-state index is 12.9. The van der Waals surface area contributed by atoms with Gasteiger partial charge in [0.15, 0.2) is 0 Å². The van der Waals surface area contributed by atoms with Crippen LogP contribution in [0.4, 0.5) is 5.69 Å². The molecule has 0 aliphatic carbocycles. The third-order valence-electron chi connectivity index (χ3n) is 5.70. The average molecular weight is 395 g/mol. The first-order chi connectivity index (χ1) is 14.2. The molecule has 1 aliphatic heterocycles. The molecule has 0 unspecified atom stereocenters. The molecule has 4 heteroatoms. The standard InChI is InChI=1S/C25H34N2O2/c1-3-5-17-26(4-2)23-13-11-22(12-14-23)25(28)27-18-15-24(16-19-27)29-20-21-9-7-6-8-10-21/h6-14,24H,3-5,15-20H2,1-2H3. The molecule has 1 saturated heterocycles. The normalized spacial score (nSPS) is 14.8. The smallest absolute Gasteiger partial charge is 0.253 e. The molecule has 2 aromatic carbocycles. The SMILES string of the molecule is CCCCN(CC)c1ccc(C(=O)N2CCC(OCc3ccccc3)CC2)cc1. The summed E-state index contributed by atoms with van der Waals surface area (Å²) in [6.07, 6.45) is 4.42. The van der Waals surface area contributed by atoms with Crippen LogP contribution in [0.5, 0.6) is 0 Å². The maximum Gasteiger partial charge on any atom is 0.253 e. The number of carbonyl (C=O) groups is 1. The maximum absolute atomic E-state index is 12.9. The van der Waals surface area contributed by atoms with Crippen LogP contribution < -0.4 is 4.90 Å². The molecule has 0 N–H and O–H groups in total. The molecular weight excluding hydrogens is 360 g/mol. The lowest BCUT2D eigenvalue weighted by Gasteiger charge is -2.32. The molecule has 156 valence electrons. The predicted octanol–water partition coefficient (Wildman–Crippen LogP) is 5.13. The van der Waals surface area contributed by atoms with E-state index in [2.05, 4.69) is 43.0 Å². The van der Waals surface area contributed by atoms with Crippen molar-refractivity contribution in [3.05, 3.63) is 65.7 Å². The van der Waals surface area contributed by atoms with Gasteiger partial charge in [-0.05, 0) is 56.0 Å².